The molecular formula is C40H50FN7O3. The van der Waals surface area contributed by atoms with Gasteiger partial charge < -0.3 is 29.7 Å². The molecular weight excluding hydrogens is 645 g/mol. The van der Waals surface area contributed by atoms with Crippen LogP contribution in [0.4, 0.5) is 31.3 Å². The third kappa shape index (κ3) is 10.7. The van der Waals surface area contributed by atoms with Crippen molar-refractivity contribution >= 4 is 29.4 Å². The Morgan fingerprint density at radius 3 is 1.73 bits per heavy atom. The zero-order valence-electron chi connectivity index (χ0n) is 30.3. The highest BCUT2D eigenvalue weighted by Gasteiger charge is 2.29. The van der Waals surface area contributed by atoms with Gasteiger partial charge in [-0.25, -0.2) is 23.9 Å². The van der Waals surface area contributed by atoms with E-state index in [0.29, 0.717) is 0 Å². The van der Waals surface area contributed by atoms with Gasteiger partial charge in [0.1, 0.15) is 23.1 Å². The topological polar surface area (TPSA) is 94.1 Å². The minimum absolute atomic E-state index is 0.121. The Hall–Kier alpha value is -5.19. The van der Waals surface area contributed by atoms with Crippen LogP contribution in [0.2, 0.25) is 0 Å². The van der Waals surface area contributed by atoms with Crippen molar-refractivity contribution in [3.8, 4) is 11.1 Å². The summed E-state index contributed by atoms with van der Waals surface area (Å²) in [7, 11) is 3.67. The Bertz CT molecular complexity index is 1690. The second-order valence-corrected chi connectivity index (χ2v) is 14.0. The summed E-state index contributed by atoms with van der Waals surface area (Å²) in [5.41, 5.74) is 1.99. The van der Waals surface area contributed by atoms with Gasteiger partial charge >= 0.3 is 12.1 Å². The molecule has 0 aliphatic carbocycles. The van der Waals surface area contributed by atoms with Gasteiger partial charge in [0.25, 0.3) is 0 Å². The SMILES string of the molecule is CN(C(=O)Nc1ccc(-c2cccc(F)c2)cc1)C1CCN(c2ccccn2)CC1.CN(C(=O)OC(C)(C)C)C1CCN(c2ccccn2)CC1. The molecule has 0 saturated carbocycles. The molecule has 270 valence electrons. The molecule has 0 spiro atoms. The lowest BCUT2D eigenvalue weighted by Crippen LogP contribution is -2.47. The number of amides is 3. The van der Waals surface area contributed by atoms with Crippen molar-refractivity contribution in [3.05, 3.63) is 103 Å². The minimum atomic E-state index is -0.444. The van der Waals surface area contributed by atoms with Gasteiger partial charge in [-0.15, -0.1) is 0 Å². The van der Waals surface area contributed by atoms with E-state index in [0.717, 1.165) is 80.3 Å². The minimum Gasteiger partial charge on any atom is -0.444 e. The number of nitrogens with zero attached hydrogens (tertiary/aromatic N) is 6. The Kier molecular flexibility index (Phi) is 12.5. The fraction of sp³-hybridized carbons (Fsp3) is 0.400. The average Bonchev–Trinajstić information content (AvgIpc) is 3.15. The largest absolute Gasteiger partial charge is 0.444 e. The summed E-state index contributed by atoms with van der Waals surface area (Å²) in [6.45, 7) is 9.25. The van der Waals surface area contributed by atoms with E-state index in [2.05, 4.69) is 25.1 Å². The predicted octanol–water partition coefficient (Wildman–Crippen LogP) is 7.94. The summed E-state index contributed by atoms with van der Waals surface area (Å²) in [5.74, 6) is 1.73. The zero-order valence-corrected chi connectivity index (χ0v) is 30.3. The molecule has 4 aromatic rings. The first-order valence-corrected chi connectivity index (χ1v) is 17.6. The molecule has 51 heavy (non-hydrogen) atoms. The lowest BCUT2D eigenvalue weighted by Gasteiger charge is -2.37. The Morgan fingerprint density at radius 1 is 0.725 bits per heavy atom. The smallest absolute Gasteiger partial charge is 0.410 e. The summed E-state index contributed by atoms with van der Waals surface area (Å²) in [5, 5.41) is 2.96. The number of ether oxygens (including phenoxy) is 1. The van der Waals surface area contributed by atoms with Gasteiger partial charge in [0.15, 0.2) is 0 Å². The van der Waals surface area contributed by atoms with E-state index in [4.69, 9.17) is 4.74 Å². The monoisotopic (exact) mass is 695 g/mol. The molecule has 2 aliphatic heterocycles. The molecule has 0 bridgehead atoms. The van der Waals surface area contributed by atoms with Gasteiger partial charge in [-0.2, -0.15) is 0 Å². The van der Waals surface area contributed by atoms with Crippen molar-refractivity contribution in [3.63, 3.8) is 0 Å². The first-order valence-electron chi connectivity index (χ1n) is 17.6. The van der Waals surface area contributed by atoms with Crippen molar-refractivity contribution in [2.75, 3.05) is 55.4 Å². The lowest BCUT2D eigenvalue weighted by molar-refractivity contribution is 0.0200. The fourth-order valence-corrected chi connectivity index (χ4v) is 6.32. The predicted molar refractivity (Wildman–Crippen MR) is 202 cm³/mol. The zero-order chi connectivity index (χ0) is 36.4. The number of hydrogen-bond acceptors (Lipinski definition) is 7. The molecule has 2 aromatic carbocycles. The van der Waals surface area contributed by atoms with E-state index in [1.807, 2.05) is 108 Å². The third-order valence-electron chi connectivity index (χ3n) is 9.27. The van der Waals surface area contributed by atoms with Crippen molar-refractivity contribution in [2.24, 2.45) is 0 Å². The van der Waals surface area contributed by atoms with Crippen LogP contribution in [-0.2, 0) is 4.74 Å². The quantitative estimate of drug-likeness (QED) is 0.219. The molecule has 11 heteroatoms. The molecule has 0 unspecified atom stereocenters. The van der Waals surface area contributed by atoms with Gasteiger partial charge in [-0.05, 0) is 106 Å². The number of urea groups is 1. The van der Waals surface area contributed by atoms with Gasteiger partial charge in [0.2, 0.25) is 0 Å². The van der Waals surface area contributed by atoms with E-state index in [9.17, 15) is 14.0 Å². The lowest BCUT2D eigenvalue weighted by atomic mass is 10.0. The maximum absolute atomic E-state index is 13.4. The van der Waals surface area contributed by atoms with Crippen LogP contribution < -0.4 is 15.1 Å². The Balaban J connectivity index is 0.000000211. The van der Waals surface area contributed by atoms with Crippen LogP contribution in [-0.4, -0.2) is 89.9 Å². The van der Waals surface area contributed by atoms with Crippen LogP contribution in [0.25, 0.3) is 11.1 Å². The van der Waals surface area contributed by atoms with Crippen LogP contribution in [0.5, 0.6) is 0 Å². The van der Waals surface area contributed by atoms with Crippen molar-refractivity contribution in [1.82, 2.24) is 19.8 Å². The van der Waals surface area contributed by atoms with E-state index in [-0.39, 0.29) is 30.0 Å². The number of rotatable bonds is 6. The number of carbonyl (C=O) groups is 2. The maximum atomic E-state index is 13.4. The molecule has 2 fully saturated rings. The first-order chi connectivity index (χ1) is 24.5. The molecule has 2 saturated heterocycles. The fourth-order valence-electron chi connectivity index (χ4n) is 6.32. The van der Waals surface area contributed by atoms with Crippen molar-refractivity contribution in [2.45, 2.75) is 64.1 Å². The van der Waals surface area contributed by atoms with Crippen LogP contribution in [0.1, 0.15) is 46.5 Å². The number of piperidine rings is 2. The summed E-state index contributed by atoms with van der Waals surface area (Å²) < 4.78 is 18.8. The molecule has 2 aromatic heterocycles. The van der Waals surface area contributed by atoms with Gasteiger partial charge in [-0.3, -0.25) is 0 Å². The maximum Gasteiger partial charge on any atom is 0.410 e. The number of nitrogens with one attached hydrogen (secondary N) is 1. The molecule has 1 N–H and O–H groups in total. The summed E-state index contributed by atoms with van der Waals surface area (Å²) in [4.78, 5) is 41.6. The molecule has 2 aliphatic rings. The van der Waals surface area contributed by atoms with Crippen molar-refractivity contribution in [1.29, 1.82) is 0 Å². The summed E-state index contributed by atoms with van der Waals surface area (Å²) in [6.07, 6.45) is 7.06. The molecule has 0 radical (unpaired) electrons. The standard InChI is InChI=1S/C24H25FN4O.C16H25N3O2/c1-28(22-12-15-29(16-13-22)23-7-2-3-14-26-23)24(30)27-21-10-8-18(9-11-21)19-5-4-6-20(25)17-19;1-16(2,3)21-15(20)18(4)13-8-11-19(12-9-13)14-7-5-6-10-17-14/h2-11,14,17,22H,12-13,15-16H2,1H3,(H,27,30);5-7,10,13H,8-9,11-12H2,1-4H3. The summed E-state index contributed by atoms with van der Waals surface area (Å²) >= 11 is 0. The molecule has 10 nitrogen and oxygen atoms in total. The second kappa shape index (κ2) is 17.2. The summed E-state index contributed by atoms with van der Waals surface area (Å²) in [6, 6.07) is 26.1. The van der Waals surface area contributed by atoms with Crippen LogP contribution in [0, 0.1) is 5.82 Å². The van der Waals surface area contributed by atoms with Crippen LogP contribution >= 0.6 is 0 Å². The molecule has 6 rings (SSSR count). The van der Waals surface area contributed by atoms with E-state index in [1.54, 1.807) is 22.1 Å². The number of hydrogen-bond donors (Lipinski definition) is 1. The van der Waals surface area contributed by atoms with Crippen molar-refractivity contribution < 1.29 is 18.7 Å². The van der Waals surface area contributed by atoms with Gasteiger partial charge in [-0.1, -0.05) is 36.4 Å². The van der Waals surface area contributed by atoms with Crippen LogP contribution in [0.3, 0.4) is 0 Å². The highest BCUT2D eigenvalue weighted by atomic mass is 19.1. The number of halogens is 1. The Labute approximate surface area is 301 Å². The van der Waals surface area contributed by atoms with Gasteiger partial charge in [0, 0.05) is 70.4 Å². The number of carbonyl (C=O) groups excluding carboxylic acids is 2. The highest BCUT2D eigenvalue weighted by Crippen LogP contribution is 2.25. The van der Waals surface area contributed by atoms with E-state index < -0.39 is 5.60 Å². The van der Waals surface area contributed by atoms with E-state index in [1.165, 1.54) is 12.1 Å². The highest BCUT2D eigenvalue weighted by molar-refractivity contribution is 5.89. The molecule has 4 heterocycles. The third-order valence-corrected chi connectivity index (χ3v) is 9.27. The van der Waals surface area contributed by atoms with E-state index >= 15 is 0 Å². The average molecular weight is 696 g/mol. The number of aromatic nitrogens is 2. The first kappa shape index (κ1) is 37.1. The number of anilines is 3. The Morgan fingerprint density at radius 2 is 1.25 bits per heavy atom. The second-order valence-electron chi connectivity index (χ2n) is 14.0. The molecule has 3 amide bonds. The van der Waals surface area contributed by atoms with Gasteiger partial charge in [0.05, 0.1) is 0 Å². The normalized spacial score (nSPS) is 15.3. The van der Waals surface area contributed by atoms with Crippen LogP contribution in [0.15, 0.2) is 97.3 Å². The number of benzene rings is 2. The number of pyridine rings is 2. The molecule has 0 atom stereocenters.